The fraction of sp³-hybridized carbons (Fsp3) is 0.818. The van der Waals surface area contributed by atoms with Gasteiger partial charge in [0.1, 0.15) is 0 Å². The Hall–Kier alpha value is -0.300. The van der Waals surface area contributed by atoms with Crippen LogP contribution >= 0.6 is 0 Å². The minimum absolute atomic E-state index is 0.785. The Balaban J connectivity index is 1.69. The van der Waals surface area contributed by atoms with E-state index in [0.29, 0.717) is 0 Å². The summed E-state index contributed by atoms with van der Waals surface area (Å²) in [6.45, 7) is 2.35. The van der Waals surface area contributed by atoms with Crippen LogP contribution in [-0.2, 0) is 0 Å². The molecule has 1 atom stereocenters. The maximum atomic E-state index is 3.73. The number of allylic oxidation sites excluding steroid dienone is 1. The first kappa shape index (κ1) is 8.31. The molecule has 0 amide bonds. The van der Waals surface area contributed by atoms with Crippen LogP contribution in [0.4, 0.5) is 0 Å². The maximum Gasteiger partial charge on any atom is 0.0107 e. The molecule has 68 valence electrons. The SMILES string of the molecule is CC1CC(NC2CC=CCC2)C1. The standard InChI is InChI=1S/C11H19N/c1-9-7-11(8-9)12-10-5-3-2-4-6-10/h2-3,9-12H,4-8H2,1H3. The molecular formula is C11H19N. The topological polar surface area (TPSA) is 12.0 Å². The predicted molar refractivity (Wildman–Crippen MR) is 52.1 cm³/mol. The summed E-state index contributed by atoms with van der Waals surface area (Å²) in [5.41, 5.74) is 0. The van der Waals surface area contributed by atoms with Crippen molar-refractivity contribution < 1.29 is 0 Å². The zero-order valence-corrected chi connectivity index (χ0v) is 7.92. The minimum atomic E-state index is 0.785. The van der Waals surface area contributed by atoms with Gasteiger partial charge in [-0.2, -0.15) is 0 Å². The molecule has 1 unspecified atom stereocenters. The molecule has 0 aliphatic heterocycles. The van der Waals surface area contributed by atoms with Crippen LogP contribution in [0.2, 0.25) is 0 Å². The Morgan fingerprint density at radius 2 is 2.00 bits per heavy atom. The highest BCUT2D eigenvalue weighted by Gasteiger charge is 2.26. The van der Waals surface area contributed by atoms with Gasteiger partial charge in [0.25, 0.3) is 0 Å². The third-order valence-corrected chi connectivity index (χ3v) is 3.11. The summed E-state index contributed by atoms with van der Waals surface area (Å²) in [6, 6.07) is 1.63. The van der Waals surface area contributed by atoms with Crippen LogP contribution in [0.15, 0.2) is 12.2 Å². The van der Waals surface area contributed by atoms with Crippen LogP contribution in [-0.4, -0.2) is 12.1 Å². The minimum Gasteiger partial charge on any atom is -0.311 e. The second kappa shape index (κ2) is 3.61. The highest BCUT2D eigenvalue weighted by atomic mass is 15.0. The van der Waals surface area contributed by atoms with Crippen molar-refractivity contribution in [2.75, 3.05) is 0 Å². The lowest BCUT2D eigenvalue weighted by Crippen LogP contribution is -2.45. The second-order valence-corrected chi connectivity index (χ2v) is 4.42. The molecule has 2 aliphatic carbocycles. The number of hydrogen-bond acceptors (Lipinski definition) is 1. The molecular weight excluding hydrogens is 146 g/mol. The van der Waals surface area contributed by atoms with Gasteiger partial charge in [0.15, 0.2) is 0 Å². The van der Waals surface area contributed by atoms with E-state index in [1.165, 1.54) is 32.1 Å². The first-order valence-electron chi connectivity index (χ1n) is 5.25. The summed E-state index contributed by atoms with van der Waals surface area (Å²) >= 11 is 0. The van der Waals surface area contributed by atoms with E-state index in [1.54, 1.807) is 0 Å². The van der Waals surface area contributed by atoms with E-state index >= 15 is 0 Å². The highest BCUT2D eigenvalue weighted by molar-refractivity contribution is 4.95. The first-order valence-corrected chi connectivity index (χ1v) is 5.25. The average molecular weight is 165 g/mol. The summed E-state index contributed by atoms with van der Waals surface area (Å²) in [5, 5.41) is 3.73. The molecule has 0 aromatic rings. The number of nitrogens with one attached hydrogen (secondary N) is 1. The zero-order chi connectivity index (χ0) is 8.39. The molecule has 2 rings (SSSR count). The molecule has 0 radical (unpaired) electrons. The van der Waals surface area contributed by atoms with Crippen molar-refractivity contribution >= 4 is 0 Å². The summed E-state index contributed by atoms with van der Waals surface area (Å²) < 4.78 is 0. The van der Waals surface area contributed by atoms with Crippen LogP contribution in [0.5, 0.6) is 0 Å². The fourth-order valence-corrected chi connectivity index (χ4v) is 2.32. The van der Waals surface area contributed by atoms with E-state index in [2.05, 4.69) is 24.4 Å². The molecule has 1 heteroatoms. The van der Waals surface area contributed by atoms with E-state index in [0.717, 1.165) is 18.0 Å². The molecule has 0 saturated heterocycles. The van der Waals surface area contributed by atoms with Crippen LogP contribution in [0.3, 0.4) is 0 Å². The van der Waals surface area contributed by atoms with E-state index in [9.17, 15) is 0 Å². The summed E-state index contributed by atoms with van der Waals surface area (Å²) in [5.74, 6) is 0.974. The third kappa shape index (κ3) is 1.89. The molecule has 1 fully saturated rings. The van der Waals surface area contributed by atoms with Crippen LogP contribution in [0, 0.1) is 5.92 Å². The first-order chi connectivity index (χ1) is 5.84. The maximum absolute atomic E-state index is 3.73. The van der Waals surface area contributed by atoms with Gasteiger partial charge in [-0.25, -0.2) is 0 Å². The lowest BCUT2D eigenvalue weighted by molar-refractivity contribution is 0.217. The van der Waals surface area contributed by atoms with E-state index < -0.39 is 0 Å². The smallest absolute Gasteiger partial charge is 0.0107 e. The van der Waals surface area contributed by atoms with Crippen molar-refractivity contribution in [3.63, 3.8) is 0 Å². The Labute approximate surface area is 75.2 Å². The van der Waals surface area contributed by atoms with Gasteiger partial charge in [0, 0.05) is 12.1 Å². The molecule has 12 heavy (non-hydrogen) atoms. The Morgan fingerprint density at radius 1 is 1.17 bits per heavy atom. The number of rotatable bonds is 2. The monoisotopic (exact) mass is 165 g/mol. The van der Waals surface area contributed by atoms with Crippen molar-refractivity contribution in [2.45, 2.75) is 51.1 Å². The molecule has 0 spiro atoms. The molecule has 1 nitrogen and oxygen atoms in total. The van der Waals surface area contributed by atoms with Crippen molar-refractivity contribution in [1.29, 1.82) is 0 Å². The van der Waals surface area contributed by atoms with Crippen molar-refractivity contribution in [1.82, 2.24) is 5.32 Å². The number of hydrogen-bond donors (Lipinski definition) is 1. The van der Waals surface area contributed by atoms with Gasteiger partial charge >= 0.3 is 0 Å². The van der Waals surface area contributed by atoms with Gasteiger partial charge in [-0.1, -0.05) is 19.1 Å². The molecule has 1 N–H and O–H groups in total. The fourth-order valence-electron chi connectivity index (χ4n) is 2.32. The average Bonchev–Trinajstić information content (AvgIpc) is 2.04. The largest absolute Gasteiger partial charge is 0.311 e. The molecule has 0 heterocycles. The van der Waals surface area contributed by atoms with Gasteiger partial charge in [-0.15, -0.1) is 0 Å². The van der Waals surface area contributed by atoms with Gasteiger partial charge in [-0.3, -0.25) is 0 Å². The molecule has 1 saturated carbocycles. The van der Waals surface area contributed by atoms with Crippen molar-refractivity contribution in [2.24, 2.45) is 5.92 Å². The summed E-state index contributed by atoms with van der Waals surface area (Å²) in [7, 11) is 0. The van der Waals surface area contributed by atoms with E-state index in [-0.39, 0.29) is 0 Å². The summed E-state index contributed by atoms with van der Waals surface area (Å²) in [6.07, 6.45) is 11.3. The normalized spacial score (nSPS) is 40.9. The Kier molecular flexibility index (Phi) is 2.50. The molecule has 0 aromatic heterocycles. The van der Waals surface area contributed by atoms with Gasteiger partial charge in [-0.05, 0) is 38.0 Å². The van der Waals surface area contributed by atoms with E-state index in [4.69, 9.17) is 0 Å². The molecule has 2 aliphatic rings. The Morgan fingerprint density at radius 3 is 2.58 bits per heavy atom. The van der Waals surface area contributed by atoms with E-state index in [1.807, 2.05) is 0 Å². The van der Waals surface area contributed by atoms with Gasteiger partial charge in [0.05, 0.1) is 0 Å². The summed E-state index contributed by atoms with van der Waals surface area (Å²) in [4.78, 5) is 0. The van der Waals surface area contributed by atoms with Crippen molar-refractivity contribution in [3.05, 3.63) is 12.2 Å². The molecule has 0 bridgehead atoms. The lowest BCUT2D eigenvalue weighted by atomic mass is 9.81. The quantitative estimate of drug-likeness (QED) is 0.620. The van der Waals surface area contributed by atoms with Crippen molar-refractivity contribution in [3.8, 4) is 0 Å². The zero-order valence-electron chi connectivity index (χ0n) is 7.92. The second-order valence-electron chi connectivity index (χ2n) is 4.42. The predicted octanol–water partition coefficient (Wildman–Crippen LogP) is 2.48. The van der Waals surface area contributed by atoms with Gasteiger partial charge < -0.3 is 5.32 Å². The Bertz CT molecular complexity index is 168. The van der Waals surface area contributed by atoms with Crippen LogP contribution in [0.25, 0.3) is 0 Å². The lowest BCUT2D eigenvalue weighted by Gasteiger charge is -2.37. The van der Waals surface area contributed by atoms with Crippen LogP contribution < -0.4 is 5.32 Å². The highest BCUT2D eigenvalue weighted by Crippen LogP contribution is 2.27. The van der Waals surface area contributed by atoms with Crippen LogP contribution in [0.1, 0.15) is 39.0 Å². The molecule has 0 aromatic carbocycles. The van der Waals surface area contributed by atoms with Gasteiger partial charge in [0.2, 0.25) is 0 Å². The third-order valence-electron chi connectivity index (χ3n) is 3.11.